The van der Waals surface area contributed by atoms with Crippen LogP contribution >= 0.6 is 0 Å². The number of nitrogens with one attached hydrogen (secondary N) is 1. The van der Waals surface area contributed by atoms with Crippen molar-refractivity contribution < 1.29 is 27.2 Å². The molecule has 2 aliphatic heterocycles. The highest BCUT2D eigenvalue weighted by Crippen LogP contribution is 2.30. The van der Waals surface area contributed by atoms with Gasteiger partial charge in [-0.3, -0.25) is 9.59 Å². The van der Waals surface area contributed by atoms with Crippen LogP contribution in [0.25, 0.3) is 11.4 Å². The van der Waals surface area contributed by atoms with Crippen LogP contribution in [0.4, 0.5) is 17.6 Å². The van der Waals surface area contributed by atoms with Crippen LogP contribution in [0, 0.1) is 22.9 Å². The number of likely N-dealkylation sites (tertiary alicyclic amines) is 1. The minimum atomic E-state index is -1.32. The van der Waals surface area contributed by atoms with Gasteiger partial charge in [0.25, 0.3) is 5.91 Å². The Morgan fingerprint density at radius 2 is 1.74 bits per heavy atom. The highest BCUT2D eigenvalue weighted by Gasteiger charge is 2.41. The molecule has 1 fully saturated rings. The Kier molecular flexibility index (Phi) is 6.65. The van der Waals surface area contributed by atoms with Gasteiger partial charge in [-0.2, -0.15) is 0 Å². The molecule has 0 saturated carbocycles. The van der Waals surface area contributed by atoms with E-state index in [2.05, 4.69) is 10.3 Å². The van der Waals surface area contributed by atoms with Gasteiger partial charge in [0, 0.05) is 19.2 Å². The van der Waals surface area contributed by atoms with Crippen molar-refractivity contribution in [1.29, 1.82) is 0 Å². The van der Waals surface area contributed by atoms with Gasteiger partial charge < -0.3 is 19.7 Å². The van der Waals surface area contributed by atoms with Crippen LogP contribution in [0.5, 0.6) is 0 Å². The minimum Gasteiger partial charge on any atom is -0.338 e. The lowest BCUT2D eigenvalue weighted by atomic mass is 9.85. The Balaban J connectivity index is 1.74. The van der Waals surface area contributed by atoms with Crippen molar-refractivity contribution in [3.8, 4) is 11.4 Å². The van der Waals surface area contributed by atoms with E-state index in [0.29, 0.717) is 37.8 Å². The Bertz CT molecular complexity index is 1150. The van der Waals surface area contributed by atoms with Crippen LogP contribution in [0.15, 0.2) is 12.1 Å². The molecule has 35 heavy (non-hydrogen) atoms. The van der Waals surface area contributed by atoms with Crippen molar-refractivity contribution in [2.75, 3.05) is 26.7 Å². The van der Waals surface area contributed by atoms with Gasteiger partial charge in [0.2, 0.25) is 5.91 Å². The molecule has 1 aromatic heterocycles. The number of halogens is 4. The highest BCUT2D eigenvalue weighted by atomic mass is 19.2. The first-order valence-corrected chi connectivity index (χ1v) is 11.5. The van der Waals surface area contributed by atoms with E-state index < -0.39 is 46.9 Å². The van der Waals surface area contributed by atoms with Gasteiger partial charge in [-0.05, 0) is 31.5 Å². The standard InChI is InChI=1S/C24H29F4N5O2/c1-24(2,3)20(23(35)32-10-13(25)11-32)30-22(34)19-18-12-31(4)6-5-7-33(18)21(29-19)14-8-16(27)17(28)9-15(14)26/h8-9,13,20H,5-7,10-12H2,1-4H3,(H,30,34). The summed E-state index contributed by atoms with van der Waals surface area (Å²) in [6, 6.07) is 0.232. The molecule has 1 atom stereocenters. The summed E-state index contributed by atoms with van der Waals surface area (Å²) >= 11 is 0. The van der Waals surface area contributed by atoms with E-state index in [1.807, 2.05) is 11.9 Å². The first-order chi connectivity index (χ1) is 16.4. The number of rotatable bonds is 4. The van der Waals surface area contributed by atoms with E-state index in [9.17, 15) is 27.2 Å². The number of carbonyl (C=O) groups is 2. The number of fused-ring (bicyclic) bond motifs is 1. The largest absolute Gasteiger partial charge is 0.338 e. The Hall–Kier alpha value is -2.95. The summed E-state index contributed by atoms with van der Waals surface area (Å²) in [6.07, 6.45) is -0.412. The second kappa shape index (κ2) is 9.25. The third-order valence-electron chi connectivity index (χ3n) is 6.42. The summed E-state index contributed by atoms with van der Waals surface area (Å²) < 4.78 is 57.2. The summed E-state index contributed by atoms with van der Waals surface area (Å²) in [5, 5.41) is 2.75. The lowest BCUT2D eigenvalue weighted by Gasteiger charge is -2.40. The van der Waals surface area contributed by atoms with E-state index >= 15 is 0 Å². The topological polar surface area (TPSA) is 70.5 Å². The summed E-state index contributed by atoms with van der Waals surface area (Å²) in [5.74, 6) is -4.58. The fraction of sp³-hybridized carbons (Fsp3) is 0.542. The van der Waals surface area contributed by atoms with Gasteiger partial charge >= 0.3 is 0 Å². The summed E-state index contributed by atoms with van der Waals surface area (Å²) in [7, 11) is 1.86. The van der Waals surface area contributed by atoms with Crippen molar-refractivity contribution in [3.05, 3.63) is 41.0 Å². The predicted octanol–water partition coefficient (Wildman–Crippen LogP) is 3.13. The Morgan fingerprint density at radius 3 is 2.37 bits per heavy atom. The van der Waals surface area contributed by atoms with Crippen molar-refractivity contribution in [1.82, 2.24) is 24.7 Å². The van der Waals surface area contributed by atoms with Crippen molar-refractivity contribution >= 4 is 11.8 Å². The molecule has 7 nitrogen and oxygen atoms in total. The number of nitrogens with zero attached hydrogens (tertiary/aromatic N) is 4. The molecule has 1 saturated heterocycles. The molecular weight excluding hydrogens is 466 g/mol. The maximum atomic E-state index is 14.7. The van der Waals surface area contributed by atoms with Crippen LogP contribution in [-0.4, -0.2) is 70.1 Å². The van der Waals surface area contributed by atoms with E-state index in [-0.39, 0.29) is 30.2 Å². The van der Waals surface area contributed by atoms with Crippen LogP contribution in [0.1, 0.15) is 43.4 Å². The van der Waals surface area contributed by atoms with Crippen molar-refractivity contribution in [3.63, 3.8) is 0 Å². The SMILES string of the molecule is CN1CCCn2c(-c3cc(F)c(F)cc3F)nc(C(=O)NC(C(=O)N3CC(F)C3)C(C)(C)C)c2C1. The molecule has 0 spiro atoms. The van der Waals surface area contributed by atoms with Crippen LogP contribution in [-0.2, 0) is 17.9 Å². The highest BCUT2D eigenvalue weighted by molar-refractivity contribution is 5.98. The molecule has 2 aromatic rings. The van der Waals surface area contributed by atoms with Gasteiger partial charge in [0.05, 0.1) is 24.3 Å². The Labute approximate surface area is 201 Å². The molecule has 3 heterocycles. The van der Waals surface area contributed by atoms with Crippen LogP contribution in [0.2, 0.25) is 0 Å². The quantitative estimate of drug-likeness (QED) is 0.523. The summed E-state index contributed by atoms with van der Waals surface area (Å²) in [6.45, 7) is 6.71. The second-order valence-electron chi connectivity index (χ2n) is 10.3. The third kappa shape index (κ3) is 4.91. The van der Waals surface area contributed by atoms with Gasteiger partial charge in [0.15, 0.2) is 17.3 Å². The average molecular weight is 496 g/mol. The lowest BCUT2D eigenvalue weighted by Crippen LogP contribution is -2.61. The van der Waals surface area contributed by atoms with Crippen molar-refractivity contribution in [2.24, 2.45) is 5.41 Å². The molecule has 0 bridgehead atoms. The number of alkyl halides is 1. The van der Waals surface area contributed by atoms with Crippen molar-refractivity contribution in [2.45, 2.75) is 52.5 Å². The van der Waals surface area contributed by atoms with Gasteiger partial charge in [-0.25, -0.2) is 22.5 Å². The maximum absolute atomic E-state index is 14.7. The zero-order valence-electron chi connectivity index (χ0n) is 20.2. The number of carbonyl (C=O) groups excluding carboxylic acids is 2. The number of hydrogen-bond donors (Lipinski definition) is 1. The average Bonchev–Trinajstić information content (AvgIpc) is 2.97. The van der Waals surface area contributed by atoms with Gasteiger partial charge in [-0.1, -0.05) is 20.8 Å². The van der Waals surface area contributed by atoms with E-state index in [1.54, 1.807) is 25.3 Å². The summed E-state index contributed by atoms with van der Waals surface area (Å²) in [5.41, 5.74) is -0.482. The minimum absolute atomic E-state index is 0.0125. The van der Waals surface area contributed by atoms with Gasteiger partial charge in [-0.15, -0.1) is 0 Å². The summed E-state index contributed by atoms with van der Waals surface area (Å²) in [4.78, 5) is 34.2. The lowest BCUT2D eigenvalue weighted by molar-refractivity contribution is -0.143. The number of hydrogen-bond acceptors (Lipinski definition) is 4. The number of imidazole rings is 1. The van der Waals surface area contributed by atoms with E-state index in [1.165, 1.54) is 4.90 Å². The number of amides is 2. The molecule has 1 unspecified atom stereocenters. The monoisotopic (exact) mass is 495 g/mol. The molecule has 1 aromatic carbocycles. The fourth-order valence-electron chi connectivity index (χ4n) is 4.44. The molecule has 190 valence electrons. The molecule has 4 rings (SSSR count). The number of aromatic nitrogens is 2. The molecule has 2 amide bonds. The first-order valence-electron chi connectivity index (χ1n) is 11.5. The smallest absolute Gasteiger partial charge is 0.272 e. The first kappa shape index (κ1) is 25.2. The normalized spacial score (nSPS) is 18.0. The maximum Gasteiger partial charge on any atom is 0.272 e. The van der Waals surface area contributed by atoms with Gasteiger partial charge in [0.1, 0.15) is 23.9 Å². The molecular formula is C24H29F4N5O2. The van der Waals surface area contributed by atoms with E-state index in [0.717, 1.165) is 6.07 Å². The van der Waals surface area contributed by atoms with E-state index in [4.69, 9.17) is 0 Å². The third-order valence-corrected chi connectivity index (χ3v) is 6.42. The molecule has 0 radical (unpaired) electrons. The van der Waals surface area contributed by atoms with Crippen LogP contribution < -0.4 is 5.32 Å². The van der Waals surface area contributed by atoms with Crippen LogP contribution in [0.3, 0.4) is 0 Å². The fourth-order valence-corrected chi connectivity index (χ4v) is 4.44. The molecule has 1 N–H and O–H groups in total. The zero-order valence-corrected chi connectivity index (χ0v) is 20.2. The second-order valence-corrected chi connectivity index (χ2v) is 10.3. The molecule has 11 heteroatoms. The predicted molar refractivity (Wildman–Crippen MR) is 121 cm³/mol. The Morgan fingerprint density at radius 1 is 1.09 bits per heavy atom. The zero-order chi connectivity index (χ0) is 25.7. The molecule has 0 aliphatic carbocycles. The number of benzene rings is 1. The molecule has 2 aliphatic rings.